The highest BCUT2D eigenvalue weighted by Crippen LogP contribution is 2.38. The van der Waals surface area contributed by atoms with E-state index in [1.165, 1.54) is 66.0 Å². The second-order valence-corrected chi connectivity index (χ2v) is 9.48. The zero-order chi connectivity index (χ0) is 27.7. The SMILES string of the molecule is COc1ccc(N(CC(=O)N/N=C\c2cc(OC)c(OC)c(OC)c2)S(=O)(=O)c2ccccc2)cc1OC. The largest absolute Gasteiger partial charge is 0.493 e. The minimum absolute atomic E-state index is 0.0171. The van der Waals surface area contributed by atoms with Crippen LogP contribution in [0.25, 0.3) is 0 Å². The summed E-state index contributed by atoms with van der Waals surface area (Å²) >= 11 is 0. The number of amides is 1. The summed E-state index contributed by atoms with van der Waals surface area (Å²) < 4.78 is 54.5. The molecule has 38 heavy (non-hydrogen) atoms. The van der Waals surface area contributed by atoms with Gasteiger partial charge in [-0.3, -0.25) is 9.10 Å². The van der Waals surface area contributed by atoms with Crippen LogP contribution in [-0.2, 0) is 14.8 Å². The van der Waals surface area contributed by atoms with Crippen molar-refractivity contribution < 1.29 is 36.9 Å². The number of hydrogen-bond acceptors (Lipinski definition) is 9. The lowest BCUT2D eigenvalue weighted by Crippen LogP contribution is -2.39. The Hall–Kier alpha value is -4.45. The van der Waals surface area contributed by atoms with Gasteiger partial charge in [-0.1, -0.05) is 18.2 Å². The number of sulfonamides is 1. The van der Waals surface area contributed by atoms with Crippen LogP contribution in [0.3, 0.4) is 0 Å². The summed E-state index contributed by atoms with van der Waals surface area (Å²) in [7, 11) is 3.23. The van der Waals surface area contributed by atoms with E-state index in [1.54, 1.807) is 36.4 Å². The summed E-state index contributed by atoms with van der Waals surface area (Å²) in [5.74, 6) is 1.27. The van der Waals surface area contributed by atoms with Crippen LogP contribution < -0.4 is 33.4 Å². The third kappa shape index (κ3) is 6.27. The zero-order valence-electron chi connectivity index (χ0n) is 21.6. The van der Waals surface area contributed by atoms with Gasteiger partial charge in [0.2, 0.25) is 5.75 Å². The van der Waals surface area contributed by atoms with Gasteiger partial charge in [0, 0.05) is 11.6 Å². The van der Waals surface area contributed by atoms with Gasteiger partial charge in [0.1, 0.15) is 6.54 Å². The predicted octanol–water partition coefficient (Wildman–Crippen LogP) is 3.08. The van der Waals surface area contributed by atoms with E-state index >= 15 is 0 Å². The van der Waals surface area contributed by atoms with Gasteiger partial charge < -0.3 is 23.7 Å². The van der Waals surface area contributed by atoms with Crippen molar-refractivity contribution in [1.29, 1.82) is 0 Å². The Labute approximate surface area is 221 Å². The van der Waals surface area contributed by atoms with Crippen LogP contribution in [-0.4, -0.2) is 62.6 Å². The molecular formula is C26H29N3O8S. The molecule has 0 aromatic heterocycles. The van der Waals surface area contributed by atoms with Crippen LogP contribution in [0.5, 0.6) is 28.7 Å². The number of rotatable bonds is 12. The van der Waals surface area contributed by atoms with Gasteiger partial charge in [0.05, 0.1) is 52.3 Å². The molecule has 12 heteroatoms. The molecule has 11 nitrogen and oxygen atoms in total. The third-order valence-electron chi connectivity index (χ3n) is 5.36. The van der Waals surface area contributed by atoms with Crippen molar-refractivity contribution in [2.24, 2.45) is 5.10 Å². The summed E-state index contributed by atoms with van der Waals surface area (Å²) in [4.78, 5) is 12.9. The maximum atomic E-state index is 13.5. The Morgan fingerprint density at radius 2 is 1.42 bits per heavy atom. The van der Waals surface area contributed by atoms with Crippen molar-refractivity contribution in [3.8, 4) is 28.7 Å². The van der Waals surface area contributed by atoms with Crippen molar-refractivity contribution in [3.05, 3.63) is 66.2 Å². The number of nitrogens with one attached hydrogen (secondary N) is 1. The van der Waals surface area contributed by atoms with Crippen molar-refractivity contribution in [2.75, 3.05) is 46.4 Å². The molecule has 0 saturated carbocycles. The van der Waals surface area contributed by atoms with Crippen molar-refractivity contribution in [1.82, 2.24) is 5.43 Å². The number of carbonyl (C=O) groups is 1. The van der Waals surface area contributed by atoms with E-state index in [2.05, 4.69) is 10.5 Å². The van der Waals surface area contributed by atoms with Gasteiger partial charge in [-0.2, -0.15) is 5.10 Å². The van der Waals surface area contributed by atoms with Crippen LogP contribution in [0.15, 0.2) is 70.7 Å². The zero-order valence-corrected chi connectivity index (χ0v) is 22.4. The topological polar surface area (TPSA) is 125 Å². The monoisotopic (exact) mass is 543 g/mol. The molecule has 0 atom stereocenters. The smallest absolute Gasteiger partial charge is 0.264 e. The van der Waals surface area contributed by atoms with E-state index in [4.69, 9.17) is 23.7 Å². The lowest BCUT2D eigenvalue weighted by molar-refractivity contribution is -0.119. The number of nitrogens with zero attached hydrogens (tertiary/aromatic N) is 2. The fraction of sp³-hybridized carbons (Fsp3) is 0.231. The summed E-state index contributed by atoms with van der Waals surface area (Å²) in [6.07, 6.45) is 1.37. The molecule has 3 aromatic rings. The molecule has 0 aliphatic rings. The first-order chi connectivity index (χ1) is 18.3. The van der Waals surface area contributed by atoms with Gasteiger partial charge in [-0.15, -0.1) is 0 Å². The molecule has 0 unspecified atom stereocenters. The highest BCUT2D eigenvalue weighted by Gasteiger charge is 2.28. The van der Waals surface area contributed by atoms with E-state index in [0.717, 1.165) is 4.31 Å². The maximum absolute atomic E-state index is 13.5. The number of carbonyl (C=O) groups excluding carboxylic acids is 1. The van der Waals surface area contributed by atoms with E-state index in [-0.39, 0.29) is 10.6 Å². The quantitative estimate of drug-likeness (QED) is 0.273. The molecule has 0 fully saturated rings. The van der Waals surface area contributed by atoms with Gasteiger partial charge >= 0.3 is 0 Å². The average molecular weight is 544 g/mol. The Morgan fingerprint density at radius 3 is 1.97 bits per heavy atom. The molecule has 3 aromatic carbocycles. The van der Waals surface area contributed by atoms with Crippen LogP contribution in [0.2, 0.25) is 0 Å². The number of hydrazone groups is 1. The van der Waals surface area contributed by atoms with E-state index in [9.17, 15) is 13.2 Å². The molecule has 0 spiro atoms. The first-order valence-electron chi connectivity index (χ1n) is 11.2. The van der Waals surface area contributed by atoms with Gasteiger partial charge in [0.15, 0.2) is 23.0 Å². The summed E-state index contributed by atoms with van der Waals surface area (Å²) in [6.45, 7) is -0.556. The van der Waals surface area contributed by atoms with Gasteiger partial charge in [-0.25, -0.2) is 13.8 Å². The fourth-order valence-electron chi connectivity index (χ4n) is 3.54. The molecule has 0 aliphatic heterocycles. The van der Waals surface area contributed by atoms with Crippen molar-refractivity contribution in [2.45, 2.75) is 4.90 Å². The molecular weight excluding hydrogens is 514 g/mol. The second-order valence-electron chi connectivity index (χ2n) is 7.62. The molecule has 1 N–H and O–H groups in total. The molecule has 0 radical (unpaired) electrons. The number of anilines is 1. The molecule has 0 bridgehead atoms. The Morgan fingerprint density at radius 1 is 0.816 bits per heavy atom. The minimum Gasteiger partial charge on any atom is -0.493 e. The van der Waals surface area contributed by atoms with Crippen LogP contribution in [0.4, 0.5) is 5.69 Å². The lowest BCUT2D eigenvalue weighted by atomic mass is 10.2. The van der Waals surface area contributed by atoms with Crippen molar-refractivity contribution in [3.63, 3.8) is 0 Å². The van der Waals surface area contributed by atoms with Gasteiger partial charge in [-0.05, 0) is 36.4 Å². The number of benzene rings is 3. The second kappa shape index (κ2) is 12.7. The molecule has 0 saturated heterocycles. The summed E-state index contributed by atoms with van der Waals surface area (Å²) in [6, 6.07) is 15.6. The Balaban J connectivity index is 1.89. The molecule has 0 aliphatic carbocycles. The Bertz CT molecular complexity index is 1370. The molecule has 0 heterocycles. The summed E-state index contributed by atoms with van der Waals surface area (Å²) in [5, 5.41) is 3.97. The van der Waals surface area contributed by atoms with Crippen molar-refractivity contribution >= 4 is 27.8 Å². The lowest BCUT2D eigenvalue weighted by Gasteiger charge is -2.24. The molecule has 1 amide bonds. The number of methoxy groups -OCH3 is 5. The van der Waals surface area contributed by atoms with Crippen LogP contribution >= 0.6 is 0 Å². The average Bonchev–Trinajstić information content (AvgIpc) is 2.95. The first kappa shape index (κ1) is 28.1. The third-order valence-corrected chi connectivity index (χ3v) is 7.15. The van der Waals surface area contributed by atoms with E-state index < -0.39 is 22.5 Å². The van der Waals surface area contributed by atoms with Crippen LogP contribution in [0, 0.1) is 0 Å². The normalized spacial score (nSPS) is 11.1. The van der Waals surface area contributed by atoms with Gasteiger partial charge in [0.25, 0.3) is 15.9 Å². The van der Waals surface area contributed by atoms with Crippen LogP contribution in [0.1, 0.15) is 5.56 Å². The summed E-state index contributed by atoms with van der Waals surface area (Å²) in [5.41, 5.74) is 3.12. The number of ether oxygens (including phenoxy) is 5. The van der Waals surface area contributed by atoms with E-state index in [1.807, 2.05) is 0 Å². The minimum atomic E-state index is -4.12. The molecule has 3 rings (SSSR count). The maximum Gasteiger partial charge on any atom is 0.264 e. The highest BCUT2D eigenvalue weighted by atomic mass is 32.2. The Kier molecular flexibility index (Phi) is 9.39. The number of hydrogen-bond donors (Lipinski definition) is 1. The first-order valence-corrected chi connectivity index (χ1v) is 12.6. The fourth-order valence-corrected chi connectivity index (χ4v) is 4.97. The predicted molar refractivity (Wildman–Crippen MR) is 142 cm³/mol. The highest BCUT2D eigenvalue weighted by molar-refractivity contribution is 7.92. The molecule has 202 valence electrons. The standard InChI is InChI=1S/C26H29N3O8S/c1-33-21-12-11-19(15-22(21)34-2)29(38(31,32)20-9-7-6-8-10-20)17-25(30)28-27-16-18-13-23(35-3)26(37-5)24(14-18)36-4/h6-16H,17H2,1-5H3,(H,28,30)/b27-16-. The van der Waals surface area contributed by atoms with E-state index in [0.29, 0.717) is 34.3 Å².